The van der Waals surface area contributed by atoms with Crippen LogP contribution in [0.5, 0.6) is 0 Å². The number of hydrogen-bond acceptors (Lipinski definition) is 5. The van der Waals surface area contributed by atoms with Crippen LogP contribution in [0.15, 0.2) is 30.7 Å². The third kappa shape index (κ3) is 2.56. The van der Waals surface area contributed by atoms with E-state index in [4.69, 9.17) is 11.7 Å². The predicted molar refractivity (Wildman–Crippen MR) is 62.8 cm³/mol. The molecule has 18 heavy (non-hydrogen) atoms. The molecule has 0 aromatic carbocycles. The molecular formula is C11H7N5O2. The van der Waals surface area contributed by atoms with Crippen molar-refractivity contribution in [3.63, 3.8) is 0 Å². The van der Waals surface area contributed by atoms with Crippen LogP contribution in [-0.2, 0) is 0 Å². The second-order valence-corrected chi connectivity index (χ2v) is 3.24. The van der Waals surface area contributed by atoms with Gasteiger partial charge in [0.15, 0.2) is 5.69 Å². The van der Waals surface area contributed by atoms with E-state index in [2.05, 4.69) is 25.1 Å². The van der Waals surface area contributed by atoms with Gasteiger partial charge in [0.2, 0.25) is 0 Å². The maximum Gasteiger partial charge on any atom is 0.354 e. The Morgan fingerprint density at radius 2 is 2.17 bits per heavy atom. The topological polar surface area (TPSA) is 92.4 Å². The normalized spacial score (nSPS) is 9.50. The average Bonchev–Trinajstić information content (AvgIpc) is 2.40. The minimum absolute atomic E-state index is 0.0989. The zero-order valence-electron chi connectivity index (χ0n) is 9.03. The Balaban J connectivity index is 2.20. The van der Waals surface area contributed by atoms with Gasteiger partial charge >= 0.3 is 5.97 Å². The Hall–Kier alpha value is -3.01. The van der Waals surface area contributed by atoms with Crippen molar-refractivity contribution in [3.8, 4) is 0 Å². The lowest BCUT2D eigenvalue weighted by Crippen LogP contribution is -2.03. The second-order valence-electron chi connectivity index (χ2n) is 3.24. The van der Waals surface area contributed by atoms with Crippen molar-refractivity contribution in [2.45, 2.75) is 0 Å². The minimum Gasteiger partial charge on any atom is -0.477 e. The molecule has 0 aliphatic heterocycles. The molecule has 0 fully saturated rings. The Kier molecular flexibility index (Phi) is 3.11. The van der Waals surface area contributed by atoms with Crippen LogP contribution in [0, 0.1) is 6.57 Å². The number of pyridine rings is 1. The number of anilines is 2. The highest BCUT2D eigenvalue weighted by Crippen LogP contribution is 2.16. The maximum absolute atomic E-state index is 10.7. The van der Waals surface area contributed by atoms with E-state index in [1.165, 1.54) is 12.3 Å². The van der Waals surface area contributed by atoms with Gasteiger partial charge in [-0.2, -0.15) is 0 Å². The number of carbonyl (C=O) groups is 1. The molecule has 0 unspecified atom stereocenters. The summed E-state index contributed by atoms with van der Waals surface area (Å²) in [5.74, 6) is -0.490. The van der Waals surface area contributed by atoms with Gasteiger partial charge in [-0.25, -0.2) is 14.8 Å². The molecule has 0 radical (unpaired) electrons. The van der Waals surface area contributed by atoms with Gasteiger partial charge in [-0.3, -0.25) is 0 Å². The molecule has 0 saturated carbocycles. The monoisotopic (exact) mass is 241 g/mol. The molecule has 2 aromatic rings. The highest BCUT2D eigenvalue weighted by molar-refractivity contribution is 5.86. The molecule has 0 aliphatic rings. The summed E-state index contributed by atoms with van der Waals surface area (Å²) < 4.78 is 0. The van der Waals surface area contributed by atoms with Crippen LogP contribution >= 0.6 is 0 Å². The summed E-state index contributed by atoms with van der Waals surface area (Å²) >= 11 is 0. The van der Waals surface area contributed by atoms with Crippen molar-refractivity contribution < 1.29 is 9.90 Å². The lowest BCUT2D eigenvalue weighted by molar-refractivity contribution is 0.0690. The first-order valence-corrected chi connectivity index (χ1v) is 4.85. The summed E-state index contributed by atoms with van der Waals surface area (Å²) in [6.45, 7) is 6.77. The SMILES string of the molecule is [C-]#[N+]c1ccc(Nc2cc(C(=O)O)ncn2)cn1. The van der Waals surface area contributed by atoms with E-state index < -0.39 is 5.97 Å². The summed E-state index contributed by atoms with van der Waals surface area (Å²) in [5.41, 5.74) is 0.510. The molecule has 2 heterocycles. The largest absolute Gasteiger partial charge is 0.477 e. The Bertz CT molecular complexity index is 618. The number of nitrogens with zero attached hydrogens (tertiary/aromatic N) is 4. The summed E-state index contributed by atoms with van der Waals surface area (Å²) in [5, 5.41) is 11.7. The molecule has 0 atom stereocenters. The second kappa shape index (κ2) is 4.88. The average molecular weight is 241 g/mol. The molecule has 0 spiro atoms. The minimum atomic E-state index is -1.12. The summed E-state index contributed by atoms with van der Waals surface area (Å²) in [6.07, 6.45) is 2.63. The third-order valence-corrected chi connectivity index (χ3v) is 2.02. The van der Waals surface area contributed by atoms with Crippen molar-refractivity contribution in [2.75, 3.05) is 5.32 Å². The van der Waals surface area contributed by atoms with Crippen molar-refractivity contribution in [1.82, 2.24) is 15.0 Å². The Morgan fingerprint density at radius 3 is 2.78 bits per heavy atom. The number of carboxylic acids is 1. The number of hydrogen-bond donors (Lipinski definition) is 2. The van der Waals surface area contributed by atoms with Gasteiger partial charge in [-0.15, -0.1) is 4.98 Å². The highest BCUT2D eigenvalue weighted by atomic mass is 16.4. The summed E-state index contributed by atoms with van der Waals surface area (Å²) in [7, 11) is 0. The molecule has 2 aromatic heterocycles. The molecule has 88 valence electrons. The fraction of sp³-hybridized carbons (Fsp3) is 0. The van der Waals surface area contributed by atoms with Crippen molar-refractivity contribution in [2.24, 2.45) is 0 Å². The van der Waals surface area contributed by atoms with Crippen LogP contribution in [0.3, 0.4) is 0 Å². The van der Waals surface area contributed by atoms with E-state index in [1.54, 1.807) is 12.1 Å². The quantitative estimate of drug-likeness (QED) is 0.797. The van der Waals surface area contributed by atoms with Gasteiger partial charge < -0.3 is 15.3 Å². The zero-order chi connectivity index (χ0) is 13.0. The molecule has 2 N–H and O–H groups in total. The van der Waals surface area contributed by atoms with Gasteiger partial charge in [0.1, 0.15) is 18.3 Å². The zero-order valence-corrected chi connectivity index (χ0v) is 9.03. The van der Waals surface area contributed by atoms with Gasteiger partial charge in [-0.05, 0) is 12.1 Å². The number of rotatable bonds is 3. The molecule has 0 saturated heterocycles. The highest BCUT2D eigenvalue weighted by Gasteiger charge is 2.06. The van der Waals surface area contributed by atoms with Crippen molar-refractivity contribution in [3.05, 3.63) is 47.8 Å². The van der Waals surface area contributed by atoms with Gasteiger partial charge in [0.25, 0.3) is 5.82 Å². The van der Waals surface area contributed by atoms with Gasteiger partial charge in [0, 0.05) is 6.07 Å². The summed E-state index contributed by atoms with van der Waals surface area (Å²) in [4.78, 5) is 25.3. The van der Waals surface area contributed by atoms with Crippen molar-refractivity contribution >= 4 is 23.3 Å². The van der Waals surface area contributed by atoms with Gasteiger partial charge in [0.05, 0.1) is 5.69 Å². The molecule has 0 bridgehead atoms. The molecular weight excluding hydrogens is 234 g/mol. The van der Waals surface area contributed by atoms with E-state index in [9.17, 15) is 4.79 Å². The molecule has 0 amide bonds. The predicted octanol–water partition coefficient (Wildman–Crippen LogP) is 1.86. The smallest absolute Gasteiger partial charge is 0.354 e. The molecule has 0 aliphatic carbocycles. The molecule has 7 nitrogen and oxygen atoms in total. The maximum atomic E-state index is 10.7. The molecule has 2 rings (SSSR count). The van der Waals surface area contributed by atoms with Crippen LogP contribution < -0.4 is 5.32 Å². The van der Waals surface area contributed by atoms with E-state index in [1.807, 2.05) is 0 Å². The fourth-order valence-corrected chi connectivity index (χ4v) is 1.22. The number of nitrogens with one attached hydrogen (secondary N) is 1. The lowest BCUT2D eigenvalue weighted by atomic mass is 10.3. The standard InChI is InChI=1S/C11H7N5O2/c1-12-9-3-2-7(5-13-9)16-10-4-8(11(17)18)14-6-15-10/h2-6H,(H,17,18)(H,14,15,16). The summed E-state index contributed by atoms with van der Waals surface area (Å²) in [6, 6.07) is 4.52. The van der Waals surface area contributed by atoms with Crippen LogP contribution in [0.4, 0.5) is 17.3 Å². The van der Waals surface area contributed by atoms with E-state index in [0.29, 0.717) is 11.5 Å². The third-order valence-electron chi connectivity index (χ3n) is 2.02. The van der Waals surface area contributed by atoms with Crippen LogP contribution in [0.1, 0.15) is 10.5 Å². The Morgan fingerprint density at radius 1 is 1.33 bits per heavy atom. The first-order chi connectivity index (χ1) is 8.69. The van der Waals surface area contributed by atoms with E-state index in [-0.39, 0.29) is 11.5 Å². The first-order valence-electron chi connectivity index (χ1n) is 4.85. The van der Waals surface area contributed by atoms with Crippen LogP contribution in [-0.4, -0.2) is 26.0 Å². The first kappa shape index (κ1) is 11.5. The number of aromatic carboxylic acids is 1. The molecule has 7 heteroatoms. The van der Waals surface area contributed by atoms with Crippen LogP contribution in [0.25, 0.3) is 4.85 Å². The lowest BCUT2D eigenvalue weighted by Gasteiger charge is -2.03. The van der Waals surface area contributed by atoms with E-state index >= 15 is 0 Å². The van der Waals surface area contributed by atoms with E-state index in [0.717, 1.165) is 6.33 Å². The number of carboxylic acid groups (broad SMARTS) is 1. The van der Waals surface area contributed by atoms with Crippen molar-refractivity contribution in [1.29, 1.82) is 0 Å². The number of aromatic nitrogens is 3. The Labute approximate surface area is 102 Å². The fourth-order valence-electron chi connectivity index (χ4n) is 1.22. The van der Waals surface area contributed by atoms with Gasteiger partial charge in [-0.1, -0.05) is 6.57 Å². The van der Waals surface area contributed by atoms with Crippen LogP contribution in [0.2, 0.25) is 0 Å².